The van der Waals surface area contributed by atoms with Gasteiger partial charge in [-0.3, -0.25) is 4.98 Å². The number of aromatic nitrogens is 2. The van der Waals surface area contributed by atoms with Crippen molar-refractivity contribution in [1.82, 2.24) is 20.6 Å². The zero-order valence-electron chi connectivity index (χ0n) is 19.8. The lowest BCUT2D eigenvalue weighted by Crippen LogP contribution is -2.18. The van der Waals surface area contributed by atoms with Gasteiger partial charge in [0.25, 0.3) is 0 Å². The lowest BCUT2D eigenvalue weighted by Gasteiger charge is -2.15. The molecule has 0 saturated heterocycles. The van der Waals surface area contributed by atoms with Gasteiger partial charge in [0.2, 0.25) is 5.88 Å². The van der Waals surface area contributed by atoms with E-state index in [1.165, 1.54) is 11.1 Å². The van der Waals surface area contributed by atoms with E-state index in [1.54, 1.807) is 13.3 Å². The summed E-state index contributed by atoms with van der Waals surface area (Å²) in [5.41, 5.74) is 8.27. The Labute approximate surface area is 220 Å². The molecule has 8 heteroatoms. The molecule has 5 rings (SSSR count). The molecule has 0 unspecified atom stereocenters. The van der Waals surface area contributed by atoms with E-state index in [4.69, 9.17) is 38.0 Å². The molecule has 3 heterocycles. The molecule has 1 aliphatic rings. The maximum Gasteiger partial charge on any atom is 0.218 e. The van der Waals surface area contributed by atoms with Crippen molar-refractivity contribution in [2.45, 2.75) is 19.6 Å². The summed E-state index contributed by atoms with van der Waals surface area (Å²) in [5.74, 6) is 0.509. The fourth-order valence-electron chi connectivity index (χ4n) is 4.47. The predicted molar refractivity (Wildman–Crippen MR) is 144 cm³/mol. The predicted octanol–water partition coefficient (Wildman–Crippen LogP) is 5.48. The standard InChI is InChI=1S/C28H26Cl2N4O2/c1-36-28-19(15-31-11-12-35)7-8-24(34-28)23-4-2-3-21(25(23)29)22-9-10-33-27(26(22)30)17-5-6-18-14-32-16-20(18)13-17/h2-10,13,31-32,35H,11-12,14-16H2,1H3. The Hall–Kier alpha value is -3.00. The van der Waals surface area contributed by atoms with E-state index < -0.39 is 0 Å². The van der Waals surface area contributed by atoms with Gasteiger partial charge in [-0.05, 0) is 29.3 Å². The molecular weight excluding hydrogens is 495 g/mol. The zero-order valence-corrected chi connectivity index (χ0v) is 21.3. The highest BCUT2D eigenvalue weighted by atomic mass is 35.5. The molecule has 184 valence electrons. The second kappa shape index (κ2) is 10.9. The Morgan fingerprint density at radius 3 is 2.61 bits per heavy atom. The van der Waals surface area contributed by atoms with Gasteiger partial charge >= 0.3 is 0 Å². The number of rotatable bonds is 8. The van der Waals surface area contributed by atoms with Crippen molar-refractivity contribution in [2.75, 3.05) is 20.3 Å². The monoisotopic (exact) mass is 520 g/mol. The first-order chi connectivity index (χ1) is 17.6. The largest absolute Gasteiger partial charge is 0.481 e. The van der Waals surface area contributed by atoms with Crippen LogP contribution in [0.1, 0.15) is 16.7 Å². The van der Waals surface area contributed by atoms with E-state index in [1.807, 2.05) is 36.4 Å². The summed E-state index contributed by atoms with van der Waals surface area (Å²) in [7, 11) is 1.59. The van der Waals surface area contributed by atoms with E-state index in [0.717, 1.165) is 46.6 Å². The van der Waals surface area contributed by atoms with Crippen LogP contribution < -0.4 is 15.4 Å². The SMILES string of the molecule is COc1nc(-c2cccc(-c3ccnc(-c4ccc5c(c4)CNC5)c3Cl)c2Cl)ccc1CNCCO. The van der Waals surface area contributed by atoms with Crippen molar-refractivity contribution in [3.8, 4) is 39.5 Å². The van der Waals surface area contributed by atoms with Crippen LogP contribution in [0.4, 0.5) is 0 Å². The van der Waals surface area contributed by atoms with Gasteiger partial charge < -0.3 is 20.5 Å². The average molecular weight is 521 g/mol. The van der Waals surface area contributed by atoms with Crippen molar-refractivity contribution in [2.24, 2.45) is 0 Å². The van der Waals surface area contributed by atoms with Crippen LogP contribution >= 0.6 is 23.2 Å². The van der Waals surface area contributed by atoms with Gasteiger partial charge in [-0.1, -0.05) is 59.6 Å². The number of fused-ring (bicyclic) bond motifs is 1. The van der Waals surface area contributed by atoms with Crippen molar-refractivity contribution < 1.29 is 9.84 Å². The summed E-state index contributed by atoms with van der Waals surface area (Å²) in [4.78, 5) is 9.28. The topological polar surface area (TPSA) is 79.3 Å². The van der Waals surface area contributed by atoms with Crippen molar-refractivity contribution in [3.05, 3.63) is 87.5 Å². The minimum Gasteiger partial charge on any atom is -0.481 e. The van der Waals surface area contributed by atoms with Gasteiger partial charge in [0.15, 0.2) is 0 Å². The molecule has 0 radical (unpaired) electrons. The van der Waals surface area contributed by atoms with E-state index in [0.29, 0.717) is 34.7 Å². The molecule has 0 saturated carbocycles. The third kappa shape index (κ3) is 4.83. The molecule has 0 amide bonds. The number of pyridine rings is 2. The highest BCUT2D eigenvalue weighted by Crippen LogP contribution is 2.42. The van der Waals surface area contributed by atoms with E-state index >= 15 is 0 Å². The smallest absolute Gasteiger partial charge is 0.218 e. The van der Waals surface area contributed by atoms with E-state index in [-0.39, 0.29) is 6.61 Å². The van der Waals surface area contributed by atoms with Crippen LogP contribution in [0, 0.1) is 0 Å². The zero-order chi connectivity index (χ0) is 25.1. The Morgan fingerprint density at radius 2 is 1.78 bits per heavy atom. The molecular formula is C28H26Cl2N4O2. The maximum absolute atomic E-state index is 9.01. The van der Waals surface area contributed by atoms with Gasteiger partial charge in [0, 0.05) is 60.2 Å². The molecule has 2 aromatic carbocycles. The minimum absolute atomic E-state index is 0.0686. The molecule has 0 bridgehead atoms. The van der Waals surface area contributed by atoms with E-state index in [2.05, 4.69) is 33.8 Å². The Balaban J connectivity index is 1.52. The van der Waals surface area contributed by atoms with Gasteiger partial charge in [-0.25, -0.2) is 4.98 Å². The Bertz CT molecular complexity index is 1410. The minimum atomic E-state index is 0.0686. The number of hydrogen-bond acceptors (Lipinski definition) is 6. The number of ether oxygens (including phenoxy) is 1. The summed E-state index contributed by atoms with van der Waals surface area (Å²) in [5, 5.41) is 16.6. The van der Waals surface area contributed by atoms with Crippen LogP contribution in [0.15, 0.2) is 60.8 Å². The number of halogens is 2. The summed E-state index contributed by atoms with van der Waals surface area (Å²) in [6.07, 6.45) is 1.76. The number of nitrogens with one attached hydrogen (secondary N) is 2. The van der Waals surface area contributed by atoms with E-state index in [9.17, 15) is 0 Å². The molecule has 0 atom stereocenters. The summed E-state index contributed by atoms with van der Waals surface area (Å²) < 4.78 is 5.52. The highest BCUT2D eigenvalue weighted by molar-refractivity contribution is 6.39. The fraction of sp³-hybridized carbons (Fsp3) is 0.214. The Kier molecular flexibility index (Phi) is 7.51. The van der Waals surface area contributed by atoms with Gasteiger partial charge in [-0.15, -0.1) is 0 Å². The third-order valence-corrected chi connectivity index (χ3v) is 7.09. The first kappa shape index (κ1) is 24.7. The van der Waals surface area contributed by atoms with Crippen LogP contribution in [-0.2, 0) is 19.6 Å². The second-order valence-electron chi connectivity index (χ2n) is 8.54. The maximum atomic E-state index is 9.01. The summed E-state index contributed by atoms with van der Waals surface area (Å²) in [6.45, 7) is 2.84. The molecule has 4 aromatic rings. The van der Waals surface area contributed by atoms with Crippen LogP contribution in [-0.4, -0.2) is 35.3 Å². The molecule has 36 heavy (non-hydrogen) atoms. The molecule has 0 fully saturated rings. The Morgan fingerprint density at radius 1 is 0.972 bits per heavy atom. The van der Waals surface area contributed by atoms with Crippen LogP contribution in [0.3, 0.4) is 0 Å². The lowest BCUT2D eigenvalue weighted by molar-refractivity contribution is 0.291. The van der Waals surface area contributed by atoms with Crippen molar-refractivity contribution in [3.63, 3.8) is 0 Å². The quantitative estimate of drug-likeness (QED) is 0.267. The number of methoxy groups -OCH3 is 1. The summed E-state index contributed by atoms with van der Waals surface area (Å²) in [6, 6.07) is 17.9. The molecule has 0 aliphatic carbocycles. The normalized spacial score (nSPS) is 12.6. The van der Waals surface area contributed by atoms with Gasteiger partial charge in [-0.2, -0.15) is 0 Å². The van der Waals surface area contributed by atoms with Crippen LogP contribution in [0.5, 0.6) is 5.88 Å². The van der Waals surface area contributed by atoms with Gasteiger partial charge in [0.1, 0.15) is 0 Å². The highest BCUT2D eigenvalue weighted by Gasteiger charge is 2.19. The molecule has 3 N–H and O–H groups in total. The van der Waals surface area contributed by atoms with Crippen molar-refractivity contribution in [1.29, 1.82) is 0 Å². The summed E-state index contributed by atoms with van der Waals surface area (Å²) >= 11 is 13.9. The fourth-order valence-corrected chi connectivity index (χ4v) is 5.11. The lowest BCUT2D eigenvalue weighted by atomic mass is 9.98. The van der Waals surface area contributed by atoms with Crippen LogP contribution in [0.25, 0.3) is 33.6 Å². The number of hydrogen-bond donors (Lipinski definition) is 3. The third-order valence-electron chi connectivity index (χ3n) is 6.30. The molecule has 2 aromatic heterocycles. The number of benzene rings is 2. The number of aliphatic hydroxyl groups excluding tert-OH is 1. The van der Waals surface area contributed by atoms with Crippen LogP contribution in [0.2, 0.25) is 10.0 Å². The number of aliphatic hydroxyl groups is 1. The first-order valence-corrected chi connectivity index (χ1v) is 12.5. The number of nitrogens with zero attached hydrogens (tertiary/aromatic N) is 2. The molecule has 6 nitrogen and oxygen atoms in total. The first-order valence-electron chi connectivity index (χ1n) is 11.7. The van der Waals surface area contributed by atoms with Crippen molar-refractivity contribution >= 4 is 23.2 Å². The second-order valence-corrected chi connectivity index (χ2v) is 9.30. The molecule has 1 aliphatic heterocycles. The average Bonchev–Trinajstić information content (AvgIpc) is 3.38. The van der Waals surface area contributed by atoms with Gasteiger partial charge in [0.05, 0.1) is 35.1 Å². The molecule has 0 spiro atoms.